The van der Waals surface area contributed by atoms with Gasteiger partial charge in [-0.3, -0.25) is 4.79 Å². The first kappa shape index (κ1) is 10.7. The summed E-state index contributed by atoms with van der Waals surface area (Å²) >= 11 is 4.38. The minimum Gasteiger partial charge on any atom is -0.288 e. The first-order chi connectivity index (χ1) is 7.66. The molecule has 3 rings (SSSR count). The molecule has 0 aromatic heterocycles. The zero-order valence-corrected chi connectivity index (χ0v) is 12.4. The summed E-state index contributed by atoms with van der Waals surface area (Å²) in [4.78, 5) is 12.0. The van der Waals surface area contributed by atoms with Crippen molar-refractivity contribution < 1.29 is 4.79 Å². The Bertz CT molecular complexity index is 606. The van der Waals surface area contributed by atoms with Crippen molar-refractivity contribution in [3.8, 4) is 0 Å². The molecule has 0 fully saturated rings. The summed E-state index contributed by atoms with van der Waals surface area (Å²) < 4.78 is 1.98. The topological polar surface area (TPSA) is 17.1 Å². The number of Topliss-reactive ketones (excluding diaryl/α,β-unsaturated/α-hetero) is 1. The zero-order chi connectivity index (χ0) is 11.3. The van der Waals surface area contributed by atoms with Crippen LogP contribution in [0.4, 0.5) is 0 Å². The van der Waals surface area contributed by atoms with Gasteiger partial charge in [-0.25, -0.2) is 0 Å². The number of hydrogen-bond acceptors (Lipinski definition) is 1. The Morgan fingerprint density at radius 3 is 2.62 bits per heavy atom. The number of ketones is 1. The van der Waals surface area contributed by atoms with Gasteiger partial charge in [0, 0.05) is 9.14 Å². The first-order valence-electron chi connectivity index (χ1n) is 4.81. The molecule has 3 heteroatoms. The number of carbonyl (C=O) groups excluding carboxylic acids is 1. The molecule has 0 amide bonds. The highest BCUT2D eigenvalue weighted by molar-refractivity contribution is 14.1. The third-order valence-corrected chi connectivity index (χ3v) is 4.27. The minimum atomic E-state index is 0.143. The van der Waals surface area contributed by atoms with Gasteiger partial charge in [0.05, 0.1) is 3.58 Å². The number of allylic oxidation sites excluding steroid dienone is 5. The van der Waals surface area contributed by atoms with Gasteiger partial charge < -0.3 is 0 Å². The number of hydrogen-bond donors (Lipinski definition) is 0. The Labute approximate surface area is 121 Å². The van der Waals surface area contributed by atoms with Crippen molar-refractivity contribution >= 4 is 62.6 Å². The molecule has 2 aliphatic carbocycles. The lowest BCUT2D eigenvalue weighted by Crippen LogP contribution is -2.04. The van der Waals surface area contributed by atoms with Crippen LogP contribution >= 0.6 is 45.2 Å². The average molecular weight is 432 g/mol. The van der Waals surface area contributed by atoms with Crippen LogP contribution in [0.1, 0.15) is 11.1 Å². The molecule has 0 heterocycles. The molecule has 0 radical (unpaired) electrons. The van der Waals surface area contributed by atoms with Gasteiger partial charge in [0.15, 0.2) is 5.78 Å². The Hall–Kier alpha value is -0.430. The molecule has 16 heavy (non-hydrogen) atoms. The van der Waals surface area contributed by atoms with Crippen LogP contribution in [0, 0.1) is 3.57 Å². The van der Waals surface area contributed by atoms with Gasteiger partial charge in [-0.2, -0.15) is 0 Å². The smallest absolute Gasteiger partial charge is 0.199 e. The Balaban J connectivity index is 2.24. The summed E-state index contributed by atoms with van der Waals surface area (Å²) in [6.07, 6.45) is 5.92. The third-order valence-electron chi connectivity index (χ3n) is 2.75. The average Bonchev–Trinajstić information content (AvgIpc) is 2.62. The fraction of sp³-hybridized carbons (Fsp3) is 0. The Kier molecular flexibility index (Phi) is 2.54. The molecule has 0 unspecified atom stereocenters. The van der Waals surface area contributed by atoms with Crippen LogP contribution in [-0.2, 0) is 4.79 Å². The van der Waals surface area contributed by atoms with Crippen molar-refractivity contribution in [2.45, 2.75) is 0 Å². The number of benzene rings is 1. The van der Waals surface area contributed by atoms with Crippen LogP contribution in [0.2, 0.25) is 0 Å². The van der Waals surface area contributed by atoms with Crippen molar-refractivity contribution in [3.05, 3.63) is 54.2 Å². The van der Waals surface area contributed by atoms with Gasteiger partial charge in [-0.15, -0.1) is 0 Å². The molecule has 1 nitrogen and oxygen atoms in total. The third kappa shape index (κ3) is 1.52. The standard InChI is InChI=1S/C13H6I2O/c14-8-1-2-9-7(5-8)6-11-10(9)3-4-12(15)13(11)16/h1-6H. The van der Waals surface area contributed by atoms with E-state index in [9.17, 15) is 4.79 Å². The van der Waals surface area contributed by atoms with Gasteiger partial charge in [-0.05, 0) is 86.2 Å². The van der Waals surface area contributed by atoms with Crippen LogP contribution < -0.4 is 0 Å². The number of carbonyl (C=O) groups is 1. The van der Waals surface area contributed by atoms with Crippen LogP contribution in [0.15, 0.2) is 39.5 Å². The maximum Gasteiger partial charge on any atom is 0.199 e. The van der Waals surface area contributed by atoms with E-state index >= 15 is 0 Å². The molecule has 2 aliphatic rings. The minimum absolute atomic E-state index is 0.143. The Morgan fingerprint density at radius 1 is 1.00 bits per heavy atom. The molecular weight excluding hydrogens is 426 g/mol. The van der Waals surface area contributed by atoms with E-state index in [1.54, 1.807) is 0 Å². The summed E-state index contributed by atoms with van der Waals surface area (Å²) in [7, 11) is 0. The number of fused-ring (bicyclic) bond motifs is 3. The monoisotopic (exact) mass is 432 g/mol. The lowest BCUT2D eigenvalue weighted by atomic mass is 9.96. The Morgan fingerprint density at radius 2 is 1.81 bits per heavy atom. The first-order valence-corrected chi connectivity index (χ1v) is 6.97. The van der Waals surface area contributed by atoms with Gasteiger partial charge in [0.2, 0.25) is 0 Å². The van der Waals surface area contributed by atoms with Gasteiger partial charge in [0.25, 0.3) is 0 Å². The molecule has 78 valence electrons. The highest BCUT2D eigenvalue weighted by Crippen LogP contribution is 2.40. The normalized spacial score (nSPS) is 17.4. The zero-order valence-electron chi connectivity index (χ0n) is 8.13. The summed E-state index contributed by atoms with van der Waals surface area (Å²) in [6, 6.07) is 6.28. The highest BCUT2D eigenvalue weighted by Gasteiger charge is 2.27. The predicted molar refractivity (Wildman–Crippen MR) is 82.2 cm³/mol. The second-order valence-electron chi connectivity index (χ2n) is 3.71. The van der Waals surface area contributed by atoms with E-state index < -0.39 is 0 Å². The molecule has 0 atom stereocenters. The number of rotatable bonds is 0. The molecule has 0 aliphatic heterocycles. The van der Waals surface area contributed by atoms with Gasteiger partial charge in [0.1, 0.15) is 0 Å². The fourth-order valence-corrected chi connectivity index (χ4v) is 2.99. The van der Waals surface area contributed by atoms with E-state index in [-0.39, 0.29) is 5.78 Å². The van der Waals surface area contributed by atoms with E-state index in [1.165, 1.54) is 9.13 Å². The molecular formula is C13H6I2O. The second kappa shape index (κ2) is 3.80. The molecule has 1 aromatic rings. The van der Waals surface area contributed by atoms with Crippen molar-refractivity contribution in [2.75, 3.05) is 0 Å². The van der Waals surface area contributed by atoms with E-state index in [0.717, 1.165) is 20.3 Å². The molecule has 0 spiro atoms. The fourth-order valence-electron chi connectivity index (χ4n) is 2.00. The lowest BCUT2D eigenvalue weighted by molar-refractivity contribution is -0.111. The van der Waals surface area contributed by atoms with Gasteiger partial charge in [-0.1, -0.05) is 12.1 Å². The predicted octanol–water partition coefficient (Wildman–Crippen LogP) is 3.97. The van der Waals surface area contributed by atoms with Crippen molar-refractivity contribution in [1.82, 2.24) is 0 Å². The number of halogens is 2. The summed E-state index contributed by atoms with van der Waals surface area (Å²) in [5, 5.41) is 0. The van der Waals surface area contributed by atoms with Crippen molar-refractivity contribution in [2.24, 2.45) is 0 Å². The van der Waals surface area contributed by atoms with E-state index in [2.05, 4.69) is 63.4 Å². The summed E-state index contributed by atoms with van der Waals surface area (Å²) in [5.74, 6) is 0.143. The quantitative estimate of drug-likeness (QED) is 0.568. The molecule has 0 saturated heterocycles. The maximum absolute atomic E-state index is 12.0. The van der Waals surface area contributed by atoms with Crippen LogP contribution in [-0.4, -0.2) is 5.78 Å². The maximum atomic E-state index is 12.0. The van der Waals surface area contributed by atoms with Crippen LogP contribution in [0.25, 0.3) is 11.6 Å². The molecule has 0 saturated carbocycles. The van der Waals surface area contributed by atoms with E-state index in [1.807, 2.05) is 18.2 Å². The van der Waals surface area contributed by atoms with Gasteiger partial charge >= 0.3 is 0 Å². The SMILES string of the molecule is O=C1C(I)=CC=C2C1=Cc1cc(I)ccc12. The van der Waals surface area contributed by atoms with Crippen molar-refractivity contribution in [3.63, 3.8) is 0 Å². The van der Waals surface area contributed by atoms with E-state index in [0.29, 0.717) is 0 Å². The largest absolute Gasteiger partial charge is 0.288 e. The summed E-state index contributed by atoms with van der Waals surface area (Å²) in [5.41, 5.74) is 4.23. The molecule has 1 aromatic carbocycles. The molecule has 0 bridgehead atoms. The lowest BCUT2D eigenvalue weighted by Gasteiger charge is -2.09. The van der Waals surface area contributed by atoms with Crippen molar-refractivity contribution in [1.29, 1.82) is 0 Å². The van der Waals surface area contributed by atoms with Crippen LogP contribution in [0.5, 0.6) is 0 Å². The highest BCUT2D eigenvalue weighted by atomic mass is 127. The van der Waals surface area contributed by atoms with Crippen LogP contribution in [0.3, 0.4) is 0 Å². The summed E-state index contributed by atoms with van der Waals surface area (Å²) in [6.45, 7) is 0. The molecule has 0 N–H and O–H groups in total. The second-order valence-corrected chi connectivity index (χ2v) is 6.12. The van der Waals surface area contributed by atoms with E-state index in [4.69, 9.17) is 0 Å².